The number of aryl methyl sites for hydroxylation is 2. The van der Waals surface area contributed by atoms with Gasteiger partial charge in [0.15, 0.2) is 5.82 Å². The first kappa shape index (κ1) is 53.9. The number of hydrogen-bond acceptors (Lipinski definition) is 14. The quantitative estimate of drug-likeness (QED) is 0.0687. The summed E-state index contributed by atoms with van der Waals surface area (Å²) in [6.07, 6.45) is -0.378. The second kappa shape index (κ2) is 23.5. The van der Waals surface area contributed by atoms with E-state index in [4.69, 9.17) is 26.1 Å². The molecule has 4 bridgehead atoms. The molecule has 1 unspecified atom stereocenters. The molecule has 374 valence electrons. The van der Waals surface area contributed by atoms with E-state index in [9.17, 15) is 37.7 Å². The lowest BCUT2D eigenvalue weighted by molar-refractivity contribution is -0.141. The number of hydrogen-bond donors (Lipinski definition) is 8. The van der Waals surface area contributed by atoms with Crippen molar-refractivity contribution in [1.82, 2.24) is 40.9 Å². The molecule has 0 spiro atoms. The number of nitrogens with two attached hydrogens (primary N) is 3. The van der Waals surface area contributed by atoms with Crippen LogP contribution in [0.3, 0.4) is 0 Å². The maximum atomic E-state index is 14.9. The number of rotatable bonds is 17. The summed E-state index contributed by atoms with van der Waals surface area (Å²) in [5.74, 6) is -2.84. The number of benzene rings is 3. The number of nitrogens with one attached hydrogen (secondary N) is 5. The topological polar surface area (TPSA) is 329 Å². The number of nitriles is 1. The Kier molecular flexibility index (Phi) is 18.1. The zero-order valence-corrected chi connectivity index (χ0v) is 41.2. The summed E-state index contributed by atoms with van der Waals surface area (Å²) >= 11 is 0. The monoisotopic (exact) mass is 982 g/mol. The predicted octanol–water partition coefficient (Wildman–Crippen LogP) is 1.07. The van der Waals surface area contributed by atoms with E-state index < -0.39 is 70.5 Å². The summed E-state index contributed by atoms with van der Waals surface area (Å²) in [6.45, 7) is 10.7. The van der Waals surface area contributed by atoms with Crippen LogP contribution in [-0.4, -0.2) is 117 Å². The number of likely N-dealkylation sites (N-methyl/N-ethyl adjacent to an activating group) is 1. The molecule has 22 heteroatoms. The molecule has 3 aromatic carbocycles. The molecule has 1 aliphatic rings. The second-order valence-corrected chi connectivity index (χ2v) is 19.1. The molecule has 0 saturated heterocycles. The third-order valence-electron chi connectivity index (χ3n) is 11.4. The summed E-state index contributed by atoms with van der Waals surface area (Å²) in [5, 5.41) is 25.0. The maximum Gasteiger partial charge on any atom is 0.274 e. The van der Waals surface area contributed by atoms with Gasteiger partial charge in [-0.3, -0.25) is 24.0 Å². The zero-order chi connectivity index (χ0) is 51.5. The van der Waals surface area contributed by atoms with Crippen LogP contribution in [0.1, 0.15) is 78.6 Å². The number of carbonyl (C=O) groups is 5. The molecule has 0 fully saturated rings. The van der Waals surface area contributed by atoms with Crippen molar-refractivity contribution in [2.24, 2.45) is 16.6 Å². The van der Waals surface area contributed by atoms with Crippen LogP contribution in [0.2, 0.25) is 0 Å². The molecular weight excluding hydrogens is 921 g/mol. The van der Waals surface area contributed by atoms with Gasteiger partial charge >= 0.3 is 0 Å². The highest BCUT2D eigenvalue weighted by Crippen LogP contribution is 2.40. The second-order valence-electron chi connectivity index (χ2n) is 17.8. The Morgan fingerprint density at radius 2 is 1.51 bits per heavy atom. The van der Waals surface area contributed by atoms with Crippen molar-refractivity contribution in [2.45, 2.75) is 84.0 Å². The van der Waals surface area contributed by atoms with Gasteiger partial charge in [-0.25, -0.2) is 19.8 Å². The van der Waals surface area contributed by atoms with E-state index in [-0.39, 0.29) is 62.2 Å². The normalized spacial score (nSPS) is 16.6. The lowest BCUT2D eigenvalue weighted by Crippen LogP contribution is -2.56. The molecule has 0 saturated carbocycles. The summed E-state index contributed by atoms with van der Waals surface area (Å²) in [5.41, 5.74) is 15.7. The molecule has 70 heavy (non-hydrogen) atoms. The van der Waals surface area contributed by atoms with Gasteiger partial charge in [-0.1, -0.05) is 57.2 Å². The maximum absolute atomic E-state index is 14.9. The van der Waals surface area contributed by atoms with Crippen LogP contribution in [0.25, 0.3) is 22.5 Å². The lowest BCUT2D eigenvalue weighted by Gasteiger charge is -2.33. The van der Waals surface area contributed by atoms with Crippen LogP contribution in [-0.2, 0) is 41.2 Å². The summed E-state index contributed by atoms with van der Waals surface area (Å²) in [4.78, 5) is 81.4. The molecule has 21 nitrogen and oxygen atoms in total. The van der Waals surface area contributed by atoms with E-state index in [2.05, 4.69) is 56.7 Å². The van der Waals surface area contributed by atoms with Crippen LogP contribution in [0.5, 0.6) is 11.5 Å². The third kappa shape index (κ3) is 13.8. The minimum Gasteiger partial charge on any atom is -0.492 e. The van der Waals surface area contributed by atoms with Crippen LogP contribution < -0.4 is 52.1 Å². The van der Waals surface area contributed by atoms with Crippen molar-refractivity contribution in [1.29, 1.82) is 5.26 Å². The van der Waals surface area contributed by atoms with Gasteiger partial charge in [-0.15, -0.1) is 0 Å². The van der Waals surface area contributed by atoms with Crippen molar-refractivity contribution >= 4 is 39.7 Å². The van der Waals surface area contributed by atoms with Crippen molar-refractivity contribution in [3.05, 3.63) is 94.3 Å². The Labute approximate surface area is 407 Å². The van der Waals surface area contributed by atoms with E-state index in [0.29, 0.717) is 45.4 Å². The molecule has 5 rings (SSSR count). The van der Waals surface area contributed by atoms with Gasteiger partial charge in [0.25, 0.3) is 16.1 Å². The van der Waals surface area contributed by atoms with Crippen LogP contribution in [0, 0.1) is 25.2 Å². The molecule has 2 heterocycles. The van der Waals surface area contributed by atoms with Gasteiger partial charge < -0.3 is 47.1 Å². The van der Waals surface area contributed by atoms with E-state index >= 15 is 0 Å². The van der Waals surface area contributed by atoms with E-state index in [0.717, 1.165) is 16.0 Å². The lowest BCUT2D eigenvalue weighted by atomic mass is 9.86. The fourth-order valence-electron chi connectivity index (χ4n) is 7.83. The van der Waals surface area contributed by atoms with Gasteiger partial charge in [0.1, 0.15) is 55.4 Å². The van der Waals surface area contributed by atoms with Gasteiger partial charge in [0.2, 0.25) is 23.6 Å². The Hall–Kier alpha value is -7.03. The highest BCUT2D eigenvalue weighted by atomic mass is 32.2. The summed E-state index contributed by atoms with van der Waals surface area (Å²) < 4.78 is 38.3. The van der Waals surface area contributed by atoms with E-state index in [1.807, 2.05) is 30.3 Å². The third-order valence-corrected chi connectivity index (χ3v) is 12.0. The highest BCUT2D eigenvalue weighted by Gasteiger charge is 2.37. The SMILES string of the molecule is Cc1nc(-c2ccc(C(C)(C)C)cc2)nc(C)c1C(=O)NC(CCNS(N)(=O)=O)C(=O)N(C)[C@@H]1C(=O)N[C@@H](C)C(=O)N[C@H](C(=O)NCC#N)Cc2ccc(OCCN)c(c2)-c2cc1ccc2OCCN. The number of fused-ring (bicyclic) bond motifs is 5. The molecule has 4 atom stereocenters. The minimum atomic E-state index is -4.25. The van der Waals surface area contributed by atoms with Gasteiger partial charge in [-0.05, 0) is 73.6 Å². The first-order chi connectivity index (χ1) is 33.1. The first-order valence-electron chi connectivity index (χ1n) is 22.6. The summed E-state index contributed by atoms with van der Waals surface area (Å²) in [7, 11) is -2.93. The Balaban J connectivity index is 1.61. The standard InChI is InChI=1S/C48H62N12O9S/c1-27-40(28(2)56-42(55-27)31-9-12-33(13-10-31)48(4,5)6)45(63)58-36(16-20-54-70(52,66)67)47(65)60(7)41-32-11-15-39(69-23-19-51)35(26-32)34-24-30(8-14-38(34)68-22-18-50)25-37(44(62)53-21-17-49)59-43(61)29(3)57-46(41)64/h8-15,24,26,29,36-37,41,54H,16,18-23,25,50-51H2,1-7H3,(H,53,62)(H,57,64)(H,58,63)(H,59,61)(H2,52,66,67)/t29-,36?,37-,41-/m0/s1. The molecule has 4 aromatic rings. The number of nitrogens with zero attached hydrogens (tertiary/aromatic N) is 4. The highest BCUT2D eigenvalue weighted by molar-refractivity contribution is 7.87. The Morgan fingerprint density at radius 3 is 2.09 bits per heavy atom. The average Bonchev–Trinajstić information content (AvgIpc) is 3.30. The van der Waals surface area contributed by atoms with Gasteiger partial charge in [-0.2, -0.15) is 13.7 Å². The smallest absolute Gasteiger partial charge is 0.274 e. The van der Waals surface area contributed by atoms with E-state index in [1.165, 1.54) is 14.0 Å². The predicted molar refractivity (Wildman–Crippen MR) is 261 cm³/mol. The molecule has 11 N–H and O–H groups in total. The zero-order valence-electron chi connectivity index (χ0n) is 40.3. The largest absolute Gasteiger partial charge is 0.492 e. The molecule has 0 aliphatic carbocycles. The minimum absolute atomic E-state index is 0.0411. The van der Waals surface area contributed by atoms with Crippen molar-refractivity contribution in [3.8, 4) is 40.1 Å². The number of carbonyl (C=O) groups excluding carboxylic acids is 5. The molecule has 1 aromatic heterocycles. The average molecular weight is 983 g/mol. The van der Waals surface area contributed by atoms with E-state index in [1.54, 1.807) is 50.2 Å². The number of aromatic nitrogens is 2. The Bertz CT molecular complexity index is 2720. The van der Waals surface area contributed by atoms with Crippen LogP contribution in [0.4, 0.5) is 0 Å². The van der Waals surface area contributed by atoms with Crippen molar-refractivity contribution < 1.29 is 41.9 Å². The molecule has 1 aliphatic heterocycles. The fourth-order valence-corrected chi connectivity index (χ4v) is 8.23. The van der Waals surface area contributed by atoms with Gasteiger partial charge in [0, 0.05) is 49.8 Å². The molecular formula is C48H62N12O9S. The van der Waals surface area contributed by atoms with Crippen LogP contribution in [0.15, 0.2) is 60.7 Å². The summed E-state index contributed by atoms with van der Waals surface area (Å²) in [6, 6.07) is 13.9. The fraction of sp³-hybridized carbons (Fsp3) is 0.417. The van der Waals surface area contributed by atoms with Crippen LogP contribution >= 0.6 is 0 Å². The van der Waals surface area contributed by atoms with Gasteiger partial charge in [0.05, 0.1) is 23.0 Å². The van der Waals surface area contributed by atoms with Crippen molar-refractivity contribution in [2.75, 3.05) is 46.4 Å². The molecule has 0 radical (unpaired) electrons. The van der Waals surface area contributed by atoms with Crippen molar-refractivity contribution in [3.63, 3.8) is 0 Å². The Morgan fingerprint density at radius 1 is 0.914 bits per heavy atom. The number of amides is 5. The first-order valence-corrected chi connectivity index (χ1v) is 24.1. The molecule has 5 amide bonds. The number of ether oxygens (including phenoxy) is 2.